The summed E-state index contributed by atoms with van der Waals surface area (Å²) < 4.78 is 0. The average molecular weight is 151 g/mol. The summed E-state index contributed by atoms with van der Waals surface area (Å²) in [7, 11) is 0. The third-order valence-electron chi connectivity index (χ3n) is 4.40. The maximum atomic E-state index is 5.94. The van der Waals surface area contributed by atoms with Gasteiger partial charge in [0.2, 0.25) is 0 Å². The molecule has 0 radical (unpaired) electrons. The van der Waals surface area contributed by atoms with Crippen LogP contribution in [0.1, 0.15) is 26.2 Å². The first kappa shape index (κ1) is 6.47. The molecule has 5 unspecified atom stereocenters. The topological polar surface area (TPSA) is 26.0 Å². The van der Waals surface area contributed by atoms with Crippen LogP contribution in [0.4, 0.5) is 0 Å². The molecule has 3 saturated carbocycles. The van der Waals surface area contributed by atoms with Crippen molar-refractivity contribution in [3.8, 4) is 0 Å². The van der Waals surface area contributed by atoms with Crippen molar-refractivity contribution in [2.75, 3.05) is 0 Å². The molecule has 3 aliphatic carbocycles. The summed E-state index contributed by atoms with van der Waals surface area (Å²) in [6.07, 6.45) is 4.60. The van der Waals surface area contributed by atoms with Crippen LogP contribution in [-0.2, 0) is 0 Å². The molecule has 0 amide bonds. The molecule has 2 N–H and O–H groups in total. The summed E-state index contributed by atoms with van der Waals surface area (Å²) in [6, 6.07) is 0.480. The average Bonchev–Trinajstić information content (AvgIpc) is 2.44. The SMILES string of the molecule is CC(N)C1C2C3CCC(C3)C12. The van der Waals surface area contributed by atoms with Crippen molar-refractivity contribution >= 4 is 0 Å². The van der Waals surface area contributed by atoms with Crippen LogP contribution in [-0.4, -0.2) is 6.04 Å². The zero-order valence-electron chi connectivity index (χ0n) is 7.16. The van der Waals surface area contributed by atoms with Crippen LogP contribution < -0.4 is 5.73 Å². The van der Waals surface area contributed by atoms with Gasteiger partial charge in [0, 0.05) is 6.04 Å². The Labute approximate surface area is 68.3 Å². The molecule has 0 heterocycles. The Balaban J connectivity index is 1.81. The summed E-state index contributed by atoms with van der Waals surface area (Å²) in [5, 5.41) is 0. The van der Waals surface area contributed by atoms with E-state index >= 15 is 0 Å². The fourth-order valence-corrected chi connectivity index (χ4v) is 4.09. The highest BCUT2D eigenvalue weighted by molar-refractivity contribution is 5.14. The van der Waals surface area contributed by atoms with E-state index in [9.17, 15) is 0 Å². The zero-order chi connectivity index (χ0) is 7.59. The van der Waals surface area contributed by atoms with E-state index in [1.54, 1.807) is 6.42 Å². The minimum atomic E-state index is 0.480. The van der Waals surface area contributed by atoms with Gasteiger partial charge in [0.15, 0.2) is 0 Å². The molecule has 0 spiro atoms. The third kappa shape index (κ3) is 0.658. The standard InChI is InChI=1S/C10H17N/c1-5(11)8-9-6-2-3-7(4-6)10(8)9/h5-10H,2-4,11H2,1H3. The van der Waals surface area contributed by atoms with Crippen molar-refractivity contribution in [3.05, 3.63) is 0 Å². The van der Waals surface area contributed by atoms with Crippen molar-refractivity contribution in [2.24, 2.45) is 35.3 Å². The van der Waals surface area contributed by atoms with Crippen LogP contribution in [0.15, 0.2) is 0 Å². The lowest BCUT2D eigenvalue weighted by Gasteiger charge is -2.10. The van der Waals surface area contributed by atoms with Crippen LogP contribution in [0.2, 0.25) is 0 Å². The van der Waals surface area contributed by atoms with E-state index < -0.39 is 0 Å². The predicted octanol–water partition coefficient (Wildman–Crippen LogP) is 1.63. The van der Waals surface area contributed by atoms with Gasteiger partial charge in [-0.3, -0.25) is 0 Å². The molecule has 1 heteroatoms. The van der Waals surface area contributed by atoms with Gasteiger partial charge in [-0.05, 0) is 55.8 Å². The van der Waals surface area contributed by atoms with Gasteiger partial charge in [-0.15, -0.1) is 0 Å². The third-order valence-corrected chi connectivity index (χ3v) is 4.40. The van der Waals surface area contributed by atoms with Crippen molar-refractivity contribution in [1.82, 2.24) is 0 Å². The highest BCUT2D eigenvalue weighted by Crippen LogP contribution is 2.69. The number of hydrogen-bond donors (Lipinski definition) is 1. The molecule has 11 heavy (non-hydrogen) atoms. The fourth-order valence-electron chi connectivity index (χ4n) is 4.09. The fraction of sp³-hybridized carbons (Fsp3) is 1.00. The Kier molecular flexibility index (Phi) is 1.07. The minimum Gasteiger partial charge on any atom is -0.328 e. The second-order valence-corrected chi connectivity index (χ2v) is 4.92. The number of rotatable bonds is 1. The molecule has 5 atom stereocenters. The van der Waals surface area contributed by atoms with Crippen molar-refractivity contribution in [3.63, 3.8) is 0 Å². The summed E-state index contributed by atoms with van der Waals surface area (Å²) in [5.41, 5.74) is 5.94. The molecule has 3 rings (SSSR count). The molecule has 2 bridgehead atoms. The maximum absolute atomic E-state index is 5.94. The Morgan fingerprint density at radius 2 is 1.73 bits per heavy atom. The molecule has 62 valence electrons. The Morgan fingerprint density at radius 3 is 2.18 bits per heavy atom. The van der Waals surface area contributed by atoms with E-state index in [0.29, 0.717) is 6.04 Å². The highest BCUT2D eigenvalue weighted by atomic mass is 14.8. The first-order valence-corrected chi connectivity index (χ1v) is 5.04. The van der Waals surface area contributed by atoms with Crippen LogP contribution >= 0.6 is 0 Å². The first-order valence-electron chi connectivity index (χ1n) is 5.04. The minimum absolute atomic E-state index is 0.480. The van der Waals surface area contributed by atoms with Crippen LogP contribution in [0.25, 0.3) is 0 Å². The van der Waals surface area contributed by atoms with Crippen molar-refractivity contribution < 1.29 is 0 Å². The second-order valence-electron chi connectivity index (χ2n) is 4.92. The lowest BCUT2D eigenvalue weighted by Crippen LogP contribution is -2.21. The Hall–Kier alpha value is -0.0400. The molecule has 0 aromatic heterocycles. The zero-order valence-corrected chi connectivity index (χ0v) is 7.16. The quantitative estimate of drug-likeness (QED) is 0.605. The van der Waals surface area contributed by atoms with E-state index in [1.165, 1.54) is 12.8 Å². The number of fused-ring (bicyclic) bond motifs is 5. The molecule has 3 fully saturated rings. The van der Waals surface area contributed by atoms with Crippen molar-refractivity contribution in [2.45, 2.75) is 32.2 Å². The van der Waals surface area contributed by atoms with Gasteiger partial charge in [0.1, 0.15) is 0 Å². The Bertz CT molecular complexity index is 165. The van der Waals surface area contributed by atoms with Crippen LogP contribution in [0.3, 0.4) is 0 Å². The molecule has 1 nitrogen and oxygen atoms in total. The van der Waals surface area contributed by atoms with Crippen LogP contribution in [0, 0.1) is 29.6 Å². The lowest BCUT2D eigenvalue weighted by molar-refractivity contribution is 0.425. The smallest absolute Gasteiger partial charge is 0.00444 e. The van der Waals surface area contributed by atoms with E-state index in [-0.39, 0.29) is 0 Å². The van der Waals surface area contributed by atoms with Gasteiger partial charge in [0.25, 0.3) is 0 Å². The van der Waals surface area contributed by atoms with E-state index in [0.717, 1.165) is 29.6 Å². The predicted molar refractivity (Wildman–Crippen MR) is 45.0 cm³/mol. The summed E-state index contributed by atoms with van der Waals surface area (Å²) in [4.78, 5) is 0. The lowest BCUT2D eigenvalue weighted by atomic mass is 9.99. The van der Waals surface area contributed by atoms with Gasteiger partial charge in [-0.1, -0.05) is 0 Å². The molecule has 3 aliphatic rings. The maximum Gasteiger partial charge on any atom is 0.00444 e. The second kappa shape index (κ2) is 1.82. The molecular formula is C10H17N. The van der Waals surface area contributed by atoms with Crippen LogP contribution in [0.5, 0.6) is 0 Å². The van der Waals surface area contributed by atoms with Gasteiger partial charge < -0.3 is 5.73 Å². The van der Waals surface area contributed by atoms with Gasteiger partial charge in [-0.2, -0.15) is 0 Å². The van der Waals surface area contributed by atoms with E-state index in [4.69, 9.17) is 5.73 Å². The molecule has 0 aromatic rings. The van der Waals surface area contributed by atoms with Gasteiger partial charge in [-0.25, -0.2) is 0 Å². The normalized spacial score (nSPS) is 61.1. The van der Waals surface area contributed by atoms with Crippen molar-refractivity contribution in [1.29, 1.82) is 0 Å². The summed E-state index contributed by atoms with van der Waals surface area (Å²) >= 11 is 0. The largest absolute Gasteiger partial charge is 0.328 e. The van der Waals surface area contributed by atoms with Gasteiger partial charge >= 0.3 is 0 Å². The van der Waals surface area contributed by atoms with E-state index in [2.05, 4.69) is 6.92 Å². The first-order chi connectivity index (χ1) is 5.29. The summed E-state index contributed by atoms with van der Waals surface area (Å²) in [6.45, 7) is 2.20. The molecular weight excluding hydrogens is 134 g/mol. The van der Waals surface area contributed by atoms with Gasteiger partial charge in [0.05, 0.1) is 0 Å². The molecule has 0 aliphatic heterocycles. The number of hydrogen-bond acceptors (Lipinski definition) is 1. The molecule has 0 aromatic carbocycles. The number of nitrogens with two attached hydrogens (primary N) is 1. The highest BCUT2D eigenvalue weighted by Gasteiger charge is 2.65. The summed E-state index contributed by atoms with van der Waals surface area (Å²) in [5.74, 6) is 5.28. The van der Waals surface area contributed by atoms with E-state index in [1.807, 2.05) is 0 Å². The monoisotopic (exact) mass is 151 g/mol. The Morgan fingerprint density at radius 1 is 1.18 bits per heavy atom. The molecule has 0 saturated heterocycles.